The Bertz CT molecular complexity index is 344. The minimum atomic E-state index is -1.62. The number of carbonyl (C=O) groups is 2. The maximum absolute atomic E-state index is 10.6. The standard InChI is InChI=1S/C11H12O4/c1-7(8-5-3-2-4-6-8)9(10(12)13)11(14)15/h2-7,9H,1H3,(H,12,13)(H,14,15)/p-2. The van der Waals surface area contributed by atoms with Gasteiger partial charge >= 0.3 is 0 Å². The van der Waals surface area contributed by atoms with Crippen LogP contribution in [0.15, 0.2) is 30.3 Å². The number of carboxylic acid groups (broad SMARTS) is 2. The first-order valence-electron chi connectivity index (χ1n) is 4.50. The predicted octanol–water partition coefficient (Wildman–Crippen LogP) is -1.09. The Hall–Kier alpha value is -1.84. The average Bonchev–Trinajstić information content (AvgIpc) is 2.18. The monoisotopic (exact) mass is 206 g/mol. The molecule has 0 spiro atoms. The number of benzene rings is 1. The molecule has 1 rings (SSSR count). The molecule has 15 heavy (non-hydrogen) atoms. The van der Waals surface area contributed by atoms with Gasteiger partial charge in [-0.25, -0.2) is 0 Å². The molecule has 0 saturated heterocycles. The predicted molar refractivity (Wildman–Crippen MR) is 48.4 cm³/mol. The quantitative estimate of drug-likeness (QED) is 0.586. The van der Waals surface area contributed by atoms with Crippen LogP contribution in [0.1, 0.15) is 18.4 Å². The molecule has 0 aliphatic rings. The normalized spacial score (nSPS) is 12.4. The summed E-state index contributed by atoms with van der Waals surface area (Å²) in [6, 6.07) is 8.54. The fourth-order valence-electron chi connectivity index (χ4n) is 1.45. The highest BCUT2D eigenvalue weighted by Gasteiger charge is 2.20. The van der Waals surface area contributed by atoms with Gasteiger partial charge in [0, 0.05) is 5.92 Å². The molecule has 1 aromatic rings. The molecular formula is C11H10O4-2. The van der Waals surface area contributed by atoms with Crippen LogP contribution in [0.4, 0.5) is 0 Å². The molecule has 0 saturated carbocycles. The average molecular weight is 206 g/mol. The lowest BCUT2D eigenvalue weighted by Crippen LogP contribution is -2.45. The van der Waals surface area contributed by atoms with Gasteiger partial charge in [-0.2, -0.15) is 0 Å². The molecule has 0 fully saturated rings. The Kier molecular flexibility index (Phi) is 3.44. The van der Waals surface area contributed by atoms with Crippen LogP contribution in [0.5, 0.6) is 0 Å². The summed E-state index contributed by atoms with van der Waals surface area (Å²) >= 11 is 0. The van der Waals surface area contributed by atoms with Crippen molar-refractivity contribution in [3.05, 3.63) is 35.9 Å². The molecule has 0 aromatic heterocycles. The van der Waals surface area contributed by atoms with E-state index in [4.69, 9.17) is 0 Å². The van der Waals surface area contributed by atoms with Gasteiger partial charge in [-0.15, -0.1) is 0 Å². The van der Waals surface area contributed by atoms with Crippen LogP contribution in [0, 0.1) is 5.92 Å². The van der Waals surface area contributed by atoms with E-state index >= 15 is 0 Å². The maximum Gasteiger partial charge on any atom is 0.0507 e. The summed E-state index contributed by atoms with van der Waals surface area (Å²) in [7, 11) is 0. The summed E-state index contributed by atoms with van der Waals surface area (Å²) in [6.07, 6.45) is 0. The molecule has 4 nitrogen and oxygen atoms in total. The van der Waals surface area contributed by atoms with Gasteiger partial charge in [-0.1, -0.05) is 37.3 Å². The van der Waals surface area contributed by atoms with Gasteiger partial charge in [0.05, 0.1) is 11.9 Å². The number of carbonyl (C=O) groups excluding carboxylic acids is 2. The van der Waals surface area contributed by atoms with Crippen LogP contribution in [-0.2, 0) is 9.59 Å². The molecule has 0 bridgehead atoms. The molecule has 0 heterocycles. The third kappa shape index (κ3) is 2.56. The summed E-state index contributed by atoms with van der Waals surface area (Å²) in [6.45, 7) is 1.52. The molecule has 1 unspecified atom stereocenters. The lowest BCUT2D eigenvalue weighted by Gasteiger charge is -2.25. The highest BCUT2D eigenvalue weighted by molar-refractivity contribution is 5.91. The molecule has 0 aliphatic heterocycles. The van der Waals surface area contributed by atoms with E-state index in [0.717, 1.165) is 0 Å². The summed E-state index contributed by atoms with van der Waals surface area (Å²) in [5, 5.41) is 21.2. The van der Waals surface area contributed by atoms with Crippen molar-refractivity contribution in [1.82, 2.24) is 0 Å². The third-order valence-corrected chi connectivity index (χ3v) is 2.33. The summed E-state index contributed by atoms with van der Waals surface area (Å²) in [5.74, 6) is -5.52. The Morgan fingerprint density at radius 1 is 1.07 bits per heavy atom. The minimum absolute atomic E-state index is 0.635. The summed E-state index contributed by atoms with van der Waals surface area (Å²) in [5.41, 5.74) is 0.635. The second-order valence-electron chi connectivity index (χ2n) is 3.32. The van der Waals surface area contributed by atoms with Gasteiger partial charge in [0.25, 0.3) is 0 Å². The highest BCUT2D eigenvalue weighted by atomic mass is 16.4. The molecule has 0 N–H and O–H groups in total. The SMILES string of the molecule is CC(c1ccccc1)C(C(=O)[O-])C(=O)[O-]. The van der Waals surface area contributed by atoms with E-state index in [1.165, 1.54) is 6.92 Å². The van der Waals surface area contributed by atoms with Crippen LogP contribution in [0.25, 0.3) is 0 Å². The lowest BCUT2D eigenvalue weighted by molar-refractivity contribution is -0.332. The van der Waals surface area contributed by atoms with Crippen molar-refractivity contribution in [1.29, 1.82) is 0 Å². The zero-order chi connectivity index (χ0) is 11.4. The van der Waals surface area contributed by atoms with Gasteiger partial charge in [0.1, 0.15) is 0 Å². The van der Waals surface area contributed by atoms with Crippen molar-refractivity contribution < 1.29 is 19.8 Å². The van der Waals surface area contributed by atoms with E-state index in [9.17, 15) is 19.8 Å². The van der Waals surface area contributed by atoms with E-state index < -0.39 is 23.8 Å². The first kappa shape index (κ1) is 11.2. The first-order chi connectivity index (χ1) is 7.04. The van der Waals surface area contributed by atoms with Crippen LogP contribution in [-0.4, -0.2) is 11.9 Å². The van der Waals surface area contributed by atoms with Crippen molar-refractivity contribution in [3.8, 4) is 0 Å². The molecule has 80 valence electrons. The van der Waals surface area contributed by atoms with E-state index in [1.54, 1.807) is 30.3 Å². The molecule has 4 heteroatoms. The Labute approximate surface area is 87.2 Å². The topological polar surface area (TPSA) is 80.3 Å². The summed E-state index contributed by atoms with van der Waals surface area (Å²) < 4.78 is 0. The third-order valence-electron chi connectivity index (χ3n) is 2.33. The van der Waals surface area contributed by atoms with Crippen molar-refractivity contribution in [2.75, 3.05) is 0 Å². The summed E-state index contributed by atoms with van der Waals surface area (Å²) in [4.78, 5) is 21.2. The molecule has 1 atom stereocenters. The Morgan fingerprint density at radius 3 is 1.93 bits per heavy atom. The molecule has 1 aromatic carbocycles. The van der Waals surface area contributed by atoms with E-state index in [1.807, 2.05) is 0 Å². The van der Waals surface area contributed by atoms with E-state index in [-0.39, 0.29) is 0 Å². The fourth-order valence-corrected chi connectivity index (χ4v) is 1.45. The fraction of sp³-hybridized carbons (Fsp3) is 0.273. The van der Waals surface area contributed by atoms with Gasteiger partial charge < -0.3 is 19.8 Å². The van der Waals surface area contributed by atoms with Gasteiger partial charge in [0.15, 0.2) is 0 Å². The van der Waals surface area contributed by atoms with Crippen LogP contribution < -0.4 is 10.2 Å². The first-order valence-corrected chi connectivity index (χ1v) is 4.50. The molecule has 0 radical (unpaired) electrons. The zero-order valence-electron chi connectivity index (χ0n) is 8.17. The van der Waals surface area contributed by atoms with Crippen LogP contribution in [0.2, 0.25) is 0 Å². The highest BCUT2D eigenvalue weighted by Crippen LogP contribution is 2.23. The molecule has 0 aliphatic carbocycles. The van der Waals surface area contributed by atoms with Crippen LogP contribution >= 0.6 is 0 Å². The second-order valence-corrected chi connectivity index (χ2v) is 3.32. The number of aliphatic carboxylic acids is 2. The molecule has 0 amide bonds. The Balaban J connectivity index is 2.96. The van der Waals surface area contributed by atoms with E-state index in [2.05, 4.69) is 0 Å². The second kappa shape index (κ2) is 4.59. The largest absolute Gasteiger partial charge is 0.549 e. The lowest BCUT2D eigenvalue weighted by atomic mass is 9.88. The van der Waals surface area contributed by atoms with Gasteiger partial charge in [-0.3, -0.25) is 0 Å². The van der Waals surface area contributed by atoms with Crippen molar-refractivity contribution in [2.45, 2.75) is 12.8 Å². The maximum atomic E-state index is 10.6. The number of hydrogen-bond acceptors (Lipinski definition) is 4. The Morgan fingerprint density at radius 2 is 1.53 bits per heavy atom. The van der Waals surface area contributed by atoms with Crippen LogP contribution in [0.3, 0.4) is 0 Å². The van der Waals surface area contributed by atoms with Gasteiger partial charge in [0.2, 0.25) is 0 Å². The van der Waals surface area contributed by atoms with E-state index in [0.29, 0.717) is 5.56 Å². The van der Waals surface area contributed by atoms with Crippen molar-refractivity contribution >= 4 is 11.9 Å². The molecular weight excluding hydrogens is 196 g/mol. The zero-order valence-corrected chi connectivity index (χ0v) is 8.17. The number of rotatable bonds is 4. The van der Waals surface area contributed by atoms with Crippen molar-refractivity contribution in [2.24, 2.45) is 5.92 Å². The number of hydrogen-bond donors (Lipinski definition) is 0. The van der Waals surface area contributed by atoms with Crippen molar-refractivity contribution in [3.63, 3.8) is 0 Å². The minimum Gasteiger partial charge on any atom is -0.549 e. The van der Waals surface area contributed by atoms with Gasteiger partial charge in [-0.05, 0) is 11.5 Å². The number of carboxylic acids is 2. The smallest absolute Gasteiger partial charge is 0.0507 e.